The van der Waals surface area contributed by atoms with Crippen LogP contribution in [0.3, 0.4) is 0 Å². The number of allylic oxidation sites excluding steroid dienone is 1. The van der Waals surface area contributed by atoms with Crippen LogP contribution in [-0.4, -0.2) is 55.3 Å². The number of ether oxygens (including phenoxy) is 3. The molecular formula is C29H27F2N5O7. The zero-order valence-corrected chi connectivity index (χ0v) is 23.1. The number of benzene rings is 2. The lowest BCUT2D eigenvalue weighted by atomic mass is 10.1. The van der Waals surface area contributed by atoms with Crippen molar-refractivity contribution < 1.29 is 32.9 Å². The monoisotopic (exact) mass is 595 g/mol. The fourth-order valence-electron chi connectivity index (χ4n) is 4.66. The number of aliphatic hydroxyl groups excluding tert-OH is 1. The molecule has 0 bridgehead atoms. The molecule has 1 saturated heterocycles. The highest BCUT2D eigenvalue weighted by Crippen LogP contribution is 2.36. The van der Waals surface area contributed by atoms with Gasteiger partial charge in [-0.15, -0.1) is 5.10 Å². The Morgan fingerprint density at radius 1 is 1.19 bits per heavy atom. The molecule has 12 nitrogen and oxygen atoms in total. The van der Waals surface area contributed by atoms with E-state index in [-0.39, 0.29) is 36.5 Å². The standard InChI is InChI=1S/C29H27F2N5O7/c1-16-12-35(29(40)32-28(16)39)27-11-22(26(14-37)43-27)36-13-20(33-34-36)15-42-24-8-5-18(9-25(24)41-2)23(38)7-4-17-3-6-19(30)10-21(17)31/h3-10,12-13,22,26-27,37H,11,14-15H2,1-2H3,(H,32,39,40)/b7-4+/t22-,26+,27+/m0/s1. The molecule has 3 heterocycles. The third-order valence-electron chi connectivity index (χ3n) is 6.94. The minimum Gasteiger partial charge on any atom is -0.493 e. The molecule has 43 heavy (non-hydrogen) atoms. The molecule has 5 rings (SSSR count). The summed E-state index contributed by atoms with van der Waals surface area (Å²) in [6, 6.07) is 7.16. The minimum atomic E-state index is -0.784. The van der Waals surface area contributed by atoms with Gasteiger partial charge in [-0.25, -0.2) is 18.3 Å². The molecular weight excluding hydrogens is 568 g/mol. The molecule has 224 valence electrons. The number of ketones is 1. The molecule has 1 fully saturated rings. The number of hydrogen-bond acceptors (Lipinski definition) is 9. The topological polar surface area (TPSA) is 151 Å². The highest BCUT2D eigenvalue weighted by Gasteiger charge is 2.38. The van der Waals surface area contributed by atoms with Crippen LogP contribution in [0.1, 0.15) is 45.9 Å². The van der Waals surface area contributed by atoms with E-state index in [4.69, 9.17) is 14.2 Å². The molecule has 0 spiro atoms. The van der Waals surface area contributed by atoms with Crippen LogP contribution in [0.25, 0.3) is 6.08 Å². The molecule has 3 atom stereocenters. The van der Waals surface area contributed by atoms with Gasteiger partial charge in [0, 0.05) is 35.4 Å². The van der Waals surface area contributed by atoms with E-state index in [1.807, 2.05) is 0 Å². The Labute approximate surface area is 242 Å². The Kier molecular flexibility index (Phi) is 8.59. The lowest BCUT2D eigenvalue weighted by Gasteiger charge is -2.15. The summed E-state index contributed by atoms with van der Waals surface area (Å²) in [6.07, 6.45) is 4.35. The van der Waals surface area contributed by atoms with Gasteiger partial charge in [-0.05, 0) is 49.4 Å². The number of aromatic nitrogens is 5. The second kappa shape index (κ2) is 12.5. The third kappa shape index (κ3) is 6.44. The van der Waals surface area contributed by atoms with E-state index in [1.165, 1.54) is 52.9 Å². The van der Waals surface area contributed by atoms with Gasteiger partial charge >= 0.3 is 5.69 Å². The van der Waals surface area contributed by atoms with Crippen molar-refractivity contribution in [3.05, 3.63) is 110 Å². The van der Waals surface area contributed by atoms with Crippen molar-refractivity contribution in [2.24, 2.45) is 0 Å². The minimum absolute atomic E-state index is 0.00717. The Bertz CT molecular complexity index is 1800. The molecule has 0 radical (unpaired) electrons. The first-order chi connectivity index (χ1) is 20.7. The lowest BCUT2D eigenvalue weighted by molar-refractivity contribution is -0.0323. The van der Waals surface area contributed by atoms with Crippen LogP contribution >= 0.6 is 0 Å². The summed E-state index contributed by atoms with van der Waals surface area (Å²) in [5.74, 6) is -1.32. The zero-order valence-electron chi connectivity index (χ0n) is 23.1. The van der Waals surface area contributed by atoms with Crippen LogP contribution in [0.2, 0.25) is 0 Å². The van der Waals surface area contributed by atoms with Crippen LogP contribution in [0.15, 0.2) is 64.5 Å². The first kappa shape index (κ1) is 29.5. The van der Waals surface area contributed by atoms with Crippen LogP contribution in [0.5, 0.6) is 11.5 Å². The van der Waals surface area contributed by atoms with E-state index in [0.717, 1.165) is 12.1 Å². The molecule has 1 aliphatic heterocycles. The Hall–Kier alpha value is -4.95. The van der Waals surface area contributed by atoms with Gasteiger partial charge in [0.25, 0.3) is 5.56 Å². The Balaban J connectivity index is 1.25. The van der Waals surface area contributed by atoms with Gasteiger partial charge in [0.15, 0.2) is 17.3 Å². The van der Waals surface area contributed by atoms with Crippen LogP contribution in [0, 0.1) is 18.6 Å². The normalized spacial score (nSPS) is 18.3. The van der Waals surface area contributed by atoms with E-state index in [9.17, 15) is 28.3 Å². The molecule has 0 aliphatic carbocycles. The lowest BCUT2D eigenvalue weighted by Crippen LogP contribution is -2.33. The van der Waals surface area contributed by atoms with Gasteiger partial charge in [0.05, 0.1) is 26.0 Å². The number of nitrogens with one attached hydrogen (secondary N) is 1. The summed E-state index contributed by atoms with van der Waals surface area (Å²) in [5, 5.41) is 18.2. The predicted molar refractivity (Wildman–Crippen MR) is 148 cm³/mol. The summed E-state index contributed by atoms with van der Waals surface area (Å²) in [5.41, 5.74) is 0.0196. The fraction of sp³-hybridized carbons (Fsp3) is 0.276. The highest BCUT2D eigenvalue weighted by atomic mass is 19.1. The van der Waals surface area contributed by atoms with Gasteiger partial charge in [-0.2, -0.15) is 0 Å². The second-order valence-electron chi connectivity index (χ2n) is 9.80. The second-order valence-corrected chi connectivity index (χ2v) is 9.80. The van der Waals surface area contributed by atoms with Gasteiger partial charge in [0.1, 0.15) is 36.3 Å². The van der Waals surface area contributed by atoms with Crippen molar-refractivity contribution in [1.82, 2.24) is 24.5 Å². The number of H-pyrrole nitrogens is 1. The predicted octanol–water partition coefficient (Wildman–Crippen LogP) is 2.72. The average Bonchev–Trinajstić information content (AvgIpc) is 3.64. The molecule has 2 aromatic carbocycles. The smallest absolute Gasteiger partial charge is 0.330 e. The molecule has 1 aliphatic rings. The number of hydrogen-bond donors (Lipinski definition) is 2. The molecule has 2 N–H and O–H groups in total. The van der Waals surface area contributed by atoms with Gasteiger partial charge in [-0.3, -0.25) is 19.1 Å². The van der Waals surface area contributed by atoms with Crippen molar-refractivity contribution in [3.63, 3.8) is 0 Å². The van der Waals surface area contributed by atoms with Gasteiger partial charge < -0.3 is 19.3 Å². The first-order valence-electron chi connectivity index (χ1n) is 13.1. The molecule has 0 unspecified atom stereocenters. The highest BCUT2D eigenvalue weighted by molar-refractivity contribution is 6.07. The zero-order chi connectivity index (χ0) is 30.7. The van der Waals surface area contributed by atoms with Crippen molar-refractivity contribution >= 4 is 11.9 Å². The summed E-state index contributed by atoms with van der Waals surface area (Å²) in [4.78, 5) is 38.9. The van der Waals surface area contributed by atoms with E-state index in [2.05, 4.69) is 15.3 Å². The molecule has 4 aromatic rings. The number of aromatic amines is 1. The summed E-state index contributed by atoms with van der Waals surface area (Å²) < 4.78 is 46.9. The van der Waals surface area contributed by atoms with Gasteiger partial charge in [0.2, 0.25) is 0 Å². The number of aryl methyl sites for hydroxylation is 1. The number of rotatable bonds is 10. The fourth-order valence-corrected chi connectivity index (χ4v) is 4.66. The van der Waals surface area contributed by atoms with Crippen molar-refractivity contribution in [2.45, 2.75) is 38.3 Å². The maximum absolute atomic E-state index is 13.9. The quantitative estimate of drug-likeness (QED) is 0.208. The molecule has 0 amide bonds. The number of nitrogens with zero attached hydrogens (tertiary/aromatic N) is 4. The van der Waals surface area contributed by atoms with Crippen molar-refractivity contribution in [1.29, 1.82) is 0 Å². The number of carbonyl (C=O) groups is 1. The Morgan fingerprint density at radius 2 is 2.00 bits per heavy atom. The van der Waals surface area contributed by atoms with Crippen LogP contribution in [0.4, 0.5) is 8.78 Å². The van der Waals surface area contributed by atoms with E-state index in [0.29, 0.717) is 17.0 Å². The SMILES string of the molecule is COc1cc(C(=O)/C=C/c2ccc(F)cc2F)ccc1OCc1cn([C@H]2C[C@H](n3cc(C)c(=O)[nH]c3=O)O[C@@H]2CO)nn1. The molecule has 14 heteroatoms. The third-order valence-corrected chi connectivity index (χ3v) is 6.94. The summed E-state index contributed by atoms with van der Waals surface area (Å²) in [7, 11) is 1.41. The summed E-state index contributed by atoms with van der Waals surface area (Å²) >= 11 is 0. The average molecular weight is 596 g/mol. The maximum Gasteiger partial charge on any atom is 0.330 e. The molecule has 0 saturated carbocycles. The summed E-state index contributed by atoms with van der Waals surface area (Å²) in [6.45, 7) is 1.23. The number of methoxy groups -OCH3 is 1. The Morgan fingerprint density at radius 3 is 2.74 bits per heavy atom. The van der Waals surface area contributed by atoms with E-state index >= 15 is 0 Å². The molecule has 2 aromatic heterocycles. The maximum atomic E-state index is 13.9. The van der Waals surface area contributed by atoms with Crippen molar-refractivity contribution in [3.8, 4) is 11.5 Å². The largest absolute Gasteiger partial charge is 0.493 e. The van der Waals surface area contributed by atoms with Crippen molar-refractivity contribution in [2.75, 3.05) is 13.7 Å². The number of halogens is 2. The van der Waals surface area contributed by atoms with E-state index in [1.54, 1.807) is 19.2 Å². The van der Waals surface area contributed by atoms with Crippen LogP contribution in [-0.2, 0) is 11.3 Å². The number of aliphatic hydroxyl groups is 1. The number of carbonyl (C=O) groups excluding carboxylic acids is 1. The van der Waals surface area contributed by atoms with E-state index < -0.39 is 47.0 Å². The first-order valence-corrected chi connectivity index (χ1v) is 13.1. The van der Waals surface area contributed by atoms with Crippen LogP contribution < -0.4 is 20.7 Å². The van der Waals surface area contributed by atoms with Gasteiger partial charge in [-0.1, -0.05) is 5.21 Å².